The molecule has 0 spiro atoms. The number of amides is 3. The molecular weight excluding hydrogens is 163 g/mol. The van der Waals surface area contributed by atoms with E-state index < -0.39 is 11.9 Å². The third kappa shape index (κ3) is 4.65. The Balaban J connectivity index is 3.85. The van der Waals surface area contributed by atoms with Crippen molar-refractivity contribution in [2.75, 3.05) is 6.54 Å². The number of hydrogen-bond acceptors (Lipinski definition) is 2. The molecule has 0 aliphatic rings. The Bertz CT molecular complexity index is 182. The van der Waals surface area contributed by atoms with Gasteiger partial charge in [0.25, 0.3) is 0 Å². The summed E-state index contributed by atoms with van der Waals surface area (Å²) < 4.78 is 12.7. The fourth-order valence-electron chi connectivity index (χ4n) is 0.615. The van der Waals surface area contributed by atoms with Crippen LogP contribution in [0.4, 0.5) is 9.28 Å². The van der Waals surface area contributed by atoms with Crippen LogP contribution in [0.3, 0.4) is 0 Å². The zero-order valence-corrected chi connectivity index (χ0v) is 7.43. The number of urea groups is 1. The molecule has 0 radical (unpaired) electrons. The zero-order valence-electron chi connectivity index (χ0n) is 7.43. The predicted octanol–water partition coefficient (Wildman–Crippen LogP) is 1.09. The lowest BCUT2D eigenvalue weighted by molar-refractivity contribution is -0.118. The molecule has 0 heterocycles. The normalized spacial score (nSPS) is 9.75. The molecule has 3 amide bonds. The van der Waals surface area contributed by atoms with Gasteiger partial charge in [0, 0.05) is 6.92 Å². The molecule has 0 saturated heterocycles. The SMILES string of the molecule is CC(=O)NC(=O)N(F)CC(C)C. The van der Waals surface area contributed by atoms with Gasteiger partial charge in [-0.05, 0) is 5.92 Å². The lowest BCUT2D eigenvalue weighted by Crippen LogP contribution is -2.38. The van der Waals surface area contributed by atoms with Gasteiger partial charge >= 0.3 is 6.03 Å². The van der Waals surface area contributed by atoms with Gasteiger partial charge in [-0.15, -0.1) is 0 Å². The predicted molar refractivity (Wildman–Crippen MR) is 41.9 cm³/mol. The molecule has 0 aromatic heterocycles. The van der Waals surface area contributed by atoms with E-state index >= 15 is 0 Å². The van der Waals surface area contributed by atoms with Crippen molar-refractivity contribution in [3.05, 3.63) is 0 Å². The first-order chi connectivity index (χ1) is 5.43. The van der Waals surface area contributed by atoms with E-state index in [0.717, 1.165) is 6.92 Å². The lowest BCUT2D eigenvalue weighted by Gasteiger charge is -2.13. The van der Waals surface area contributed by atoms with E-state index in [4.69, 9.17) is 0 Å². The molecular formula is C7H13FN2O2. The number of imide groups is 1. The Hall–Kier alpha value is -1.13. The highest BCUT2D eigenvalue weighted by atomic mass is 19.2. The molecule has 0 rings (SSSR count). The number of nitrogens with zero attached hydrogens (tertiary/aromatic N) is 1. The Morgan fingerprint density at radius 1 is 1.50 bits per heavy atom. The first-order valence-electron chi connectivity index (χ1n) is 3.68. The van der Waals surface area contributed by atoms with Gasteiger partial charge in [0.1, 0.15) is 0 Å². The second kappa shape index (κ2) is 4.69. The molecule has 1 N–H and O–H groups in total. The smallest absolute Gasteiger partial charge is 0.276 e. The van der Waals surface area contributed by atoms with E-state index in [2.05, 4.69) is 0 Å². The van der Waals surface area contributed by atoms with Crippen molar-refractivity contribution < 1.29 is 14.1 Å². The summed E-state index contributed by atoms with van der Waals surface area (Å²) in [5.41, 5.74) is 0. The summed E-state index contributed by atoms with van der Waals surface area (Å²) in [7, 11) is 0. The van der Waals surface area contributed by atoms with Crippen LogP contribution in [0, 0.1) is 5.92 Å². The monoisotopic (exact) mass is 176 g/mol. The van der Waals surface area contributed by atoms with E-state index in [-0.39, 0.29) is 17.6 Å². The van der Waals surface area contributed by atoms with Crippen molar-refractivity contribution in [1.29, 1.82) is 0 Å². The minimum Gasteiger partial charge on any atom is -0.276 e. The lowest BCUT2D eigenvalue weighted by atomic mass is 10.2. The van der Waals surface area contributed by atoms with E-state index in [1.54, 1.807) is 13.8 Å². The van der Waals surface area contributed by atoms with Crippen LogP contribution in [0.15, 0.2) is 0 Å². The van der Waals surface area contributed by atoms with Gasteiger partial charge in [0.05, 0.1) is 6.54 Å². The van der Waals surface area contributed by atoms with Gasteiger partial charge in [-0.1, -0.05) is 18.3 Å². The van der Waals surface area contributed by atoms with Crippen LogP contribution < -0.4 is 5.32 Å². The van der Waals surface area contributed by atoms with Crippen molar-refractivity contribution >= 4 is 11.9 Å². The topological polar surface area (TPSA) is 49.4 Å². The summed E-state index contributed by atoms with van der Waals surface area (Å²) in [6.07, 6.45) is 0. The molecule has 0 saturated carbocycles. The number of nitrogens with one attached hydrogen (secondary N) is 1. The minimum absolute atomic E-state index is 0.00787. The molecule has 4 nitrogen and oxygen atoms in total. The van der Waals surface area contributed by atoms with Crippen molar-refractivity contribution in [2.45, 2.75) is 20.8 Å². The van der Waals surface area contributed by atoms with Crippen LogP contribution in [-0.4, -0.2) is 23.6 Å². The number of carbonyl (C=O) groups excluding carboxylic acids is 2. The number of hydrogen-bond donors (Lipinski definition) is 1. The molecule has 12 heavy (non-hydrogen) atoms. The van der Waals surface area contributed by atoms with E-state index in [0.29, 0.717) is 0 Å². The maximum atomic E-state index is 12.7. The van der Waals surface area contributed by atoms with E-state index in [1.807, 2.05) is 5.32 Å². The highest BCUT2D eigenvalue weighted by Crippen LogP contribution is 1.98. The zero-order chi connectivity index (χ0) is 9.72. The quantitative estimate of drug-likeness (QED) is 0.640. The minimum atomic E-state index is -1.00. The molecule has 0 fully saturated rings. The van der Waals surface area contributed by atoms with Crippen LogP contribution in [0.1, 0.15) is 20.8 Å². The van der Waals surface area contributed by atoms with Crippen molar-refractivity contribution in [2.24, 2.45) is 5.92 Å². The van der Waals surface area contributed by atoms with Crippen LogP contribution in [0.5, 0.6) is 0 Å². The summed E-state index contributed by atoms with van der Waals surface area (Å²) in [6.45, 7) is 4.68. The van der Waals surface area contributed by atoms with Gasteiger partial charge in [0.2, 0.25) is 5.91 Å². The first kappa shape index (κ1) is 10.9. The Kier molecular flexibility index (Phi) is 4.25. The second-order valence-electron chi connectivity index (χ2n) is 2.92. The summed E-state index contributed by atoms with van der Waals surface area (Å²) >= 11 is 0. The van der Waals surface area contributed by atoms with E-state index in [9.17, 15) is 14.1 Å². The third-order valence-electron chi connectivity index (χ3n) is 1.03. The van der Waals surface area contributed by atoms with Gasteiger partial charge < -0.3 is 0 Å². The number of halogens is 1. The summed E-state index contributed by atoms with van der Waals surface area (Å²) in [5, 5.41) is 1.81. The highest BCUT2D eigenvalue weighted by molar-refractivity contribution is 5.92. The average Bonchev–Trinajstić information content (AvgIpc) is 1.84. The van der Waals surface area contributed by atoms with Crippen LogP contribution >= 0.6 is 0 Å². The average molecular weight is 176 g/mol. The summed E-state index contributed by atoms with van der Waals surface area (Å²) in [4.78, 5) is 21.0. The Morgan fingerprint density at radius 3 is 2.33 bits per heavy atom. The summed E-state index contributed by atoms with van der Waals surface area (Å²) in [6, 6.07) is -1.00. The fraction of sp³-hybridized carbons (Fsp3) is 0.714. The molecule has 0 aliphatic carbocycles. The standard InChI is InChI=1S/C7H13FN2O2/c1-5(2)4-10(8)7(12)9-6(3)11/h5H,4H2,1-3H3,(H,9,11,12). The fourth-order valence-corrected chi connectivity index (χ4v) is 0.615. The molecule has 0 unspecified atom stereocenters. The molecule has 5 heteroatoms. The maximum Gasteiger partial charge on any atom is 0.352 e. The number of carbonyl (C=O) groups is 2. The Labute approximate surface area is 70.7 Å². The molecule has 0 atom stereocenters. The van der Waals surface area contributed by atoms with Gasteiger partial charge in [-0.25, -0.2) is 4.79 Å². The largest absolute Gasteiger partial charge is 0.352 e. The third-order valence-corrected chi connectivity index (χ3v) is 1.03. The van der Waals surface area contributed by atoms with Crippen molar-refractivity contribution in [1.82, 2.24) is 10.4 Å². The van der Waals surface area contributed by atoms with E-state index in [1.165, 1.54) is 0 Å². The van der Waals surface area contributed by atoms with Crippen molar-refractivity contribution in [3.63, 3.8) is 0 Å². The van der Waals surface area contributed by atoms with Gasteiger partial charge in [0.15, 0.2) is 0 Å². The summed E-state index contributed by atoms with van der Waals surface area (Å²) in [5.74, 6) is -0.529. The van der Waals surface area contributed by atoms with Crippen molar-refractivity contribution in [3.8, 4) is 0 Å². The molecule has 70 valence electrons. The van der Waals surface area contributed by atoms with Crippen LogP contribution in [0.2, 0.25) is 0 Å². The van der Waals surface area contributed by atoms with Gasteiger partial charge in [-0.2, -0.15) is 5.12 Å². The van der Waals surface area contributed by atoms with Gasteiger partial charge in [-0.3, -0.25) is 10.1 Å². The molecule has 0 bridgehead atoms. The highest BCUT2D eigenvalue weighted by Gasteiger charge is 2.14. The first-order valence-corrected chi connectivity index (χ1v) is 3.68. The van der Waals surface area contributed by atoms with Crippen LogP contribution in [-0.2, 0) is 4.79 Å². The number of rotatable bonds is 2. The molecule has 0 aromatic rings. The Morgan fingerprint density at radius 2 is 2.00 bits per heavy atom. The molecule has 0 aromatic carbocycles. The maximum absolute atomic E-state index is 12.7. The second-order valence-corrected chi connectivity index (χ2v) is 2.92. The molecule has 0 aliphatic heterocycles. The van der Waals surface area contributed by atoms with Crippen LogP contribution in [0.25, 0.3) is 0 Å².